The van der Waals surface area contributed by atoms with Gasteiger partial charge in [-0.25, -0.2) is 8.62 Å². The number of piperazine rings is 3. The fourth-order valence-electron chi connectivity index (χ4n) is 6.48. The summed E-state index contributed by atoms with van der Waals surface area (Å²) in [5.41, 5.74) is 12.8. The Morgan fingerprint density at radius 1 is 0.483 bits per heavy atom. The van der Waals surface area contributed by atoms with Crippen LogP contribution in [0, 0.1) is 41.5 Å². The lowest BCUT2D eigenvalue weighted by Gasteiger charge is -2.30. The number of benzene rings is 3. The first-order valence-corrected chi connectivity index (χ1v) is 22.9. The molecular formula is C36H65N6O13P3. The summed E-state index contributed by atoms with van der Waals surface area (Å²) in [4.78, 5) is 52.8. The summed E-state index contributed by atoms with van der Waals surface area (Å²) >= 11 is 0. The van der Waals surface area contributed by atoms with Gasteiger partial charge in [-0.3, -0.25) is 13.7 Å². The maximum Gasteiger partial charge on any atom is 0.280 e. The molecule has 2 unspecified atom stereocenters. The Kier molecular flexibility index (Phi) is 24.5. The molecule has 22 heteroatoms. The number of nitrogens with two attached hydrogens (primary N) is 3. The first kappa shape index (κ1) is 55.2. The van der Waals surface area contributed by atoms with Crippen LogP contribution in [-0.4, -0.2) is 105 Å². The van der Waals surface area contributed by atoms with Gasteiger partial charge >= 0.3 is 0 Å². The van der Waals surface area contributed by atoms with Crippen LogP contribution in [0.4, 0.5) is 17.1 Å². The predicted molar refractivity (Wildman–Crippen MR) is 220 cm³/mol. The number of hydrogen-bond donors (Lipinski definition) is 5. The van der Waals surface area contributed by atoms with Gasteiger partial charge in [0.1, 0.15) is 0 Å². The van der Waals surface area contributed by atoms with E-state index in [4.69, 9.17) is 9.79 Å². The monoisotopic (exact) mass is 882 g/mol. The minimum Gasteiger partial charge on any atom is -0.756 e. The number of quaternary nitrogens is 3. The van der Waals surface area contributed by atoms with Crippen molar-refractivity contribution >= 4 is 40.5 Å². The molecule has 3 aromatic rings. The molecule has 58 heavy (non-hydrogen) atoms. The van der Waals surface area contributed by atoms with Crippen molar-refractivity contribution in [2.75, 3.05) is 93.2 Å². The molecule has 3 aliphatic heterocycles. The van der Waals surface area contributed by atoms with E-state index in [0.717, 1.165) is 0 Å². The molecule has 19 nitrogen and oxygen atoms in total. The molecule has 3 aromatic carbocycles. The maximum atomic E-state index is 10.2. The van der Waals surface area contributed by atoms with Gasteiger partial charge in [0.2, 0.25) is 0 Å². The summed E-state index contributed by atoms with van der Waals surface area (Å²) in [7, 11) is -17.2. The van der Waals surface area contributed by atoms with Crippen LogP contribution in [-0.2, 0) is 22.3 Å². The average Bonchev–Trinajstić information content (AvgIpc) is 3.12. The summed E-state index contributed by atoms with van der Waals surface area (Å²) in [6.45, 7) is 27.7. The van der Waals surface area contributed by atoms with Crippen LogP contribution >= 0.6 is 23.5 Å². The van der Waals surface area contributed by atoms with E-state index in [1.807, 2.05) is 0 Å². The first-order valence-electron chi connectivity index (χ1n) is 18.5. The lowest BCUT2D eigenvalue weighted by Crippen LogP contribution is -2.89. The Bertz CT molecular complexity index is 1630. The zero-order valence-corrected chi connectivity index (χ0v) is 36.9. The molecule has 6 rings (SSSR count). The van der Waals surface area contributed by atoms with E-state index in [9.17, 15) is 28.4 Å². The molecule has 3 heterocycles. The van der Waals surface area contributed by atoms with E-state index in [2.05, 4.69) is 135 Å². The Morgan fingerprint density at radius 3 is 0.914 bits per heavy atom. The second-order valence-corrected chi connectivity index (χ2v) is 17.8. The van der Waals surface area contributed by atoms with E-state index >= 15 is 0 Å². The van der Waals surface area contributed by atoms with Crippen molar-refractivity contribution in [1.82, 2.24) is 0 Å². The minimum absolute atomic E-state index is 0. The lowest BCUT2D eigenvalue weighted by atomic mass is 10.1. The molecular weight excluding hydrogens is 817 g/mol. The molecule has 3 aliphatic rings. The van der Waals surface area contributed by atoms with Crippen molar-refractivity contribution in [1.29, 1.82) is 0 Å². The van der Waals surface area contributed by atoms with Crippen LogP contribution in [0.15, 0.2) is 54.6 Å². The Labute approximate surface area is 341 Å². The molecule has 0 amide bonds. The van der Waals surface area contributed by atoms with Crippen molar-refractivity contribution in [3.8, 4) is 0 Å². The SMILES string of the molecule is Cc1cccc(N2CC[NH2+]CC2)c1C.Cc1cccc(N2CC[NH2+]CC2)c1C.Cc1cccc(N2CC[NH2+]CC2)c1C.O.O.O.O=P([O-])(O)OP(=O)([O-])OP(=O)([O-])O. The third kappa shape index (κ3) is 19.1. The van der Waals surface area contributed by atoms with Gasteiger partial charge in [0, 0.05) is 17.1 Å². The third-order valence-corrected chi connectivity index (χ3v) is 13.0. The van der Waals surface area contributed by atoms with Crippen LogP contribution < -0.4 is 45.3 Å². The van der Waals surface area contributed by atoms with Gasteiger partial charge in [-0.05, 0) is 93.1 Å². The zero-order chi connectivity index (χ0) is 40.8. The number of aryl methyl sites for hydroxylation is 3. The fourth-order valence-corrected chi connectivity index (χ4v) is 8.89. The number of phosphoric acid groups is 3. The molecule has 0 aliphatic carbocycles. The minimum atomic E-state index is -5.84. The molecule has 0 aromatic heterocycles. The van der Waals surface area contributed by atoms with Crippen molar-refractivity contribution in [3.05, 3.63) is 88.0 Å². The van der Waals surface area contributed by atoms with Gasteiger partial charge in [-0.1, -0.05) is 36.4 Å². The second kappa shape index (κ2) is 25.8. The summed E-state index contributed by atoms with van der Waals surface area (Å²) < 4.78 is 35.3. The third-order valence-electron chi connectivity index (χ3n) is 9.78. The summed E-state index contributed by atoms with van der Waals surface area (Å²) in [5, 5.41) is 7.17. The molecule has 332 valence electrons. The zero-order valence-electron chi connectivity index (χ0n) is 34.3. The molecule has 14 N–H and O–H groups in total. The molecule has 0 bridgehead atoms. The van der Waals surface area contributed by atoms with E-state index in [-0.39, 0.29) is 16.4 Å². The Balaban J connectivity index is 0.000000735. The number of nitrogens with zero attached hydrogens (tertiary/aromatic N) is 3. The van der Waals surface area contributed by atoms with E-state index < -0.39 is 23.5 Å². The van der Waals surface area contributed by atoms with Crippen LogP contribution in [0.5, 0.6) is 0 Å². The van der Waals surface area contributed by atoms with Crippen LogP contribution in [0.2, 0.25) is 0 Å². The normalized spacial score (nSPS) is 18.2. The Morgan fingerprint density at radius 2 is 0.707 bits per heavy atom. The average molecular weight is 883 g/mol. The van der Waals surface area contributed by atoms with Crippen LogP contribution in [0.3, 0.4) is 0 Å². The van der Waals surface area contributed by atoms with Crippen LogP contribution in [0.25, 0.3) is 0 Å². The van der Waals surface area contributed by atoms with Crippen molar-refractivity contribution in [2.45, 2.75) is 41.5 Å². The van der Waals surface area contributed by atoms with Gasteiger partial charge in [0.15, 0.2) is 0 Å². The molecule has 0 radical (unpaired) electrons. The number of rotatable bonds is 7. The highest BCUT2D eigenvalue weighted by Gasteiger charge is 2.22. The number of anilines is 3. The fraction of sp³-hybridized carbons (Fsp3) is 0.500. The van der Waals surface area contributed by atoms with Crippen molar-refractivity contribution in [2.24, 2.45) is 0 Å². The van der Waals surface area contributed by atoms with Crippen molar-refractivity contribution in [3.63, 3.8) is 0 Å². The second-order valence-electron chi connectivity index (χ2n) is 13.8. The summed E-state index contributed by atoms with van der Waals surface area (Å²) in [6, 6.07) is 19.8. The quantitative estimate of drug-likeness (QED) is 0.148. The molecule has 0 saturated carbocycles. The molecule has 3 fully saturated rings. The summed E-state index contributed by atoms with van der Waals surface area (Å²) in [6.07, 6.45) is 0. The molecule has 3 saturated heterocycles. The predicted octanol–water partition coefficient (Wildman–Crippen LogP) is -3.00. The van der Waals surface area contributed by atoms with E-state index in [1.54, 1.807) is 0 Å². The molecule has 0 spiro atoms. The van der Waals surface area contributed by atoms with E-state index in [0.29, 0.717) is 0 Å². The largest absolute Gasteiger partial charge is 0.756 e. The molecule has 2 atom stereocenters. The van der Waals surface area contributed by atoms with Gasteiger partial charge < -0.3 is 71.5 Å². The van der Waals surface area contributed by atoms with Crippen molar-refractivity contribution < 1.29 is 79.2 Å². The summed E-state index contributed by atoms with van der Waals surface area (Å²) in [5.74, 6) is 0. The van der Waals surface area contributed by atoms with Crippen LogP contribution in [0.1, 0.15) is 33.4 Å². The smallest absolute Gasteiger partial charge is 0.280 e. The first-order chi connectivity index (χ1) is 25.8. The highest BCUT2D eigenvalue weighted by Crippen LogP contribution is 2.59. The lowest BCUT2D eigenvalue weighted by molar-refractivity contribution is -0.655. The van der Waals surface area contributed by atoms with E-state index in [1.165, 1.54) is 129 Å². The Hall–Kier alpha value is -2.77. The standard InChI is InChI=1S/3C12H18N2.H5O10P3.3H2O/c3*1-10-4-3-5-12(11(10)2)14-8-6-13-7-9-14;1-11(2,3)9-13(7,8)10-12(4,5)6;;;/h3*3-5,13H,6-9H2,1-2H3;(H,7,8)(H2,1,2,3)(H2,4,5,6);3*1H2. The highest BCUT2D eigenvalue weighted by molar-refractivity contribution is 7.64. The maximum absolute atomic E-state index is 10.2. The number of hydrogen-bond acceptors (Lipinski definition) is 11. The van der Waals surface area contributed by atoms with Gasteiger partial charge in [-0.2, -0.15) is 0 Å². The van der Waals surface area contributed by atoms with Gasteiger partial charge in [0.05, 0.1) is 78.5 Å². The highest BCUT2D eigenvalue weighted by atomic mass is 31.3. The van der Waals surface area contributed by atoms with Gasteiger partial charge in [-0.15, -0.1) is 0 Å². The van der Waals surface area contributed by atoms with Gasteiger partial charge in [0.25, 0.3) is 23.5 Å². The topological polar surface area (TPSA) is 333 Å².